The van der Waals surface area contributed by atoms with E-state index in [1.807, 2.05) is 13.8 Å². The van der Waals surface area contributed by atoms with Crippen molar-refractivity contribution in [3.63, 3.8) is 0 Å². The number of hydrogen-bond donors (Lipinski definition) is 2. The molecule has 0 spiro atoms. The zero-order valence-corrected chi connectivity index (χ0v) is 9.13. The summed E-state index contributed by atoms with van der Waals surface area (Å²) in [6, 6.07) is 0. The molecule has 0 aromatic carbocycles. The number of carbonyl (C=O) groups is 1. The molecular formula is C10H15N3O2. The summed E-state index contributed by atoms with van der Waals surface area (Å²) in [7, 11) is 1.36. The molecule has 0 radical (unpaired) electrons. The Bertz CT molecular complexity index is 413. The van der Waals surface area contributed by atoms with Gasteiger partial charge in [-0.05, 0) is 19.3 Å². The summed E-state index contributed by atoms with van der Waals surface area (Å²) in [6.07, 6.45) is 0.714. The van der Waals surface area contributed by atoms with Crippen LogP contribution in [0, 0.1) is 12.8 Å². The van der Waals surface area contributed by atoms with Crippen molar-refractivity contribution in [2.75, 3.05) is 7.11 Å². The SMILES string of the molecule is COC(=O)C1(N)c2c(n[nH]c2C)CC1C. The minimum absolute atomic E-state index is 0.0238. The second-order valence-corrected chi connectivity index (χ2v) is 4.14. The molecule has 0 aliphatic heterocycles. The van der Waals surface area contributed by atoms with Gasteiger partial charge in [0.25, 0.3) is 0 Å². The first kappa shape index (κ1) is 10.2. The fourth-order valence-corrected chi connectivity index (χ4v) is 2.35. The van der Waals surface area contributed by atoms with E-state index in [4.69, 9.17) is 10.5 Å². The number of fused-ring (bicyclic) bond motifs is 1. The van der Waals surface area contributed by atoms with Crippen LogP contribution in [0.3, 0.4) is 0 Å². The molecule has 1 aliphatic carbocycles. The van der Waals surface area contributed by atoms with Crippen molar-refractivity contribution in [2.45, 2.75) is 25.8 Å². The van der Waals surface area contributed by atoms with Gasteiger partial charge in [-0.2, -0.15) is 5.10 Å². The van der Waals surface area contributed by atoms with Gasteiger partial charge < -0.3 is 10.5 Å². The third kappa shape index (κ3) is 1.13. The molecule has 15 heavy (non-hydrogen) atoms. The Kier molecular flexibility index (Phi) is 2.08. The monoisotopic (exact) mass is 209 g/mol. The molecular weight excluding hydrogens is 194 g/mol. The molecule has 82 valence electrons. The Balaban J connectivity index is 2.57. The van der Waals surface area contributed by atoms with Crippen molar-refractivity contribution in [3.8, 4) is 0 Å². The molecule has 2 unspecified atom stereocenters. The van der Waals surface area contributed by atoms with Gasteiger partial charge in [0.2, 0.25) is 0 Å². The third-order valence-electron chi connectivity index (χ3n) is 3.24. The van der Waals surface area contributed by atoms with E-state index in [1.165, 1.54) is 7.11 Å². The second-order valence-electron chi connectivity index (χ2n) is 4.14. The van der Waals surface area contributed by atoms with Crippen molar-refractivity contribution in [3.05, 3.63) is 17.0 Å². The fraction of sp³-hybridized carbons (Fsp3) is 0.600. The molecule has 0 fully saturated rings. The molecule has 1 heterocycles. The fourth-order valence-electron chi connectivity index (χ4n) is 2.35. The van der Waals surface area contributed by atoms with Crippen LogP contribution in [0.1, 0.15) is 23.9 Å². The highest BCUT2D eigenvalue weighted by atomic mass is 16.5. The normalized spacial score (nSPS) is 28.9. The summed E-state index contributed by atoms with van der Waals surface area (Å²) in [4.78, 5) is 11.8. The maximum atomic E-state index is 11.8. The molecule has 1 aliphatic rings. The number of ether oxygens (including phenoxy) is 1. The predicted octanol–water partition coefficient (Wildman–Crippen LogP) is 0.237. The van der Waals surface area contributed by atoms with E-state index in [2.05, 4.69) is 10.2 Å². The van der Waals surface area contributed by atoms with Crippen molar-refractivity contribution in [1.82, 2.24) is 10.2 Å². The summed E-state index contributed by atoms with van der Waals surface area (Å²) < 4.78 is 4.78. The van der Waals surface area contributed by atoms with Crippen LogP contribution in [0.4, 0.5) is 0 Å². The average Bonchev–Trinajstić information content (AvgIpc) is 2.68. The smallest absolute Gasteiger partial charge is 0.330 e. The number of nitrogens with one attached hydrogen (secondary N) is 1. The number of nitrogens with two attached hydrogens (primary N) is 1. The van der Waals surface area contributed by atoms with Gasteiger partial charge in [-0.15, -0.1) is 0 Å². The van der Waals surface area contributed by atoms with Gasteiger partial charge in [-0.25, -0.2) is 4.79 Å². The van der Waals surface area contributed by atoms with Gasteiger partial charge in [-0.1, -0.05) is 6.92 Å². The predicted molar refractivity (Wildman–Crippen MR) is 54.1 cm³/mol. The summed E-state index contributed by atoms with van der Waals surface area (Å²) in [5.41, 5.74) is 7.68. The zero-order chi connectivity index (χ0) is 11.2. The number of H-pyrrole nitrogens is 1. The van der Waals surface area contributed by atoms with Gasteiger partial charge in [-0.3, -0.25) is 5.10 Å². The van der Waals surface area contributed by atoms with Crippen LogP contribution >= 0.6 is 0 Å². The van der Waals surface area contributed by atoms with Crippen LogP contribution in [-0.2, 0) is 21.5 Å². The highest BCUT2D eigenvalue weighted by molar-refractivity contribution is 5.84. The van der Waals surface area contributed by atoms with Crippen LogP contribution in [0.5, 0.6) is 0 Å². The Hall–Kier alpha value is -1.36. The molecule has 5 heteroatoms. The van der Waals surface area contributed by atoms with E-state index in [9.17, 15) is 4.79 Å². The van der Waals surface area contributed by atoms with E-state index in [0.717, 1.165) is 17.0 Å². The first-order valence-electron chi connectivity index (χ1n) is 4.93. The first-order chi connectivity index (χ1) is 7.01. The van der Waals surface area contributed by atoms with Crippen molar-refractivity contribution in [2.24, 2.45) is 11.7 Å². The largest absolute Gasteiger partial charge is 0.467 e. The maximum Gasteiger partial charge on any atom is 0.330 e. The third-order valence-corrected chi connectivity index (χ3v) is 3.24. The average molecular weight is 209 g/mol. The standard InChI is InChI=1S/C10H15N3O2/c1-5-4-7-8(6(2)12-13-7)10(5,11)9(14)15-3/h5H,4,11H2,1-3H3,(H,12,13). The molecule has 5 nitrogen and oxygen atoms in total. The van der Waals surface area contributed by atoms with Crippen molar-refractivity contribution < 1.29 is 9.53 Å². The molecule has 2 rings (SSSR count). The molecule has 2 atom stereocenters. The molecule has 3 N–H and O–H groups in total. The van der Waals surface area contributed by atoms with Gasteiger partial charge >= 0.3 is 5.97 Å². The van der Waals surface area contributed by atoms with E-state index < -0.39 is 11.5 Å². The minimum Gasteiger partial charge on any atom is -0.467 e. The topological polar surface area (TPSA) is 81.0 Å². The Morgan fingerprint density at radius 2 is 2.40 bits per heavy atom. The van der Waals surface area contributed by atoms with Crippen molar-refractivity contribution >= 4 is 5.97 Å². The highest BCUT2D eigenvalue weighted by Gasteiger charge is 2.51. The van der Waals surface area contributed by atoms with Crippen LogP contribution < -0.4 is 5.73 Å². The van der Waals surface area contributed by atoms with Crippen LogP contribution in [-0.4, -0.2) is 23.3 Å². The number of aryl methyl sites for hydroxylation is 1. The molecule has 0 amide bonds. The van der Waals surface area contributed by atoms with Gasteiger partial charge in [0, 0.05) is 11.3 Å². The lowest BCUT2D eigenvalue weighted by molar-refractivity contribution is -0.149. The first-order valence-corrected chi connectivity index (χ1v) is 4.93. The minimum atomic E-state index is -1.04. The maximum absolute atomic E-state index is 11.8. The lowest BCUT2D eigenvalue weighted by atomic mass is 9.85. The summed E-state index contributed by atoms with van der Waals surface area (Å²) >= 11 is 0. The van der Waals surface area contributed by atoms with Gasteiger partial charge in [0.05, 0.1) is 12.8 Å². The molecule has 1 aromatic heterocycles. The second kappa shape index (κ2) is 3.06. The summed E-state index contributed by atoms with van der Waals surface area (Å²) in [5, 5.41) is 7.00. The van der Waals surface area contributed by atoms with Crippen LogP contribution in [0.15, 0.2) is 0 Å². The van der Waals surface area contributed by atoms with E-state index in [-0.39, 0.29) is 5.92 Å². The number of methoxy groups -OCH3 is 1. The zero-order valence-electron chi connectivity index (χ0n) is 9.13. The summed E-state index contributed by atoms with van der Waals surface area (Å²) in [6.45, 7) is 3.81. The van der Waals surface area contributed by atoms with Crippen LogP contribution in [0.25, 0.3) is 0 Å². The lowest BCUT2D eigenvalue weighted by Crippen LogP contribution is -2.49. The molecule has 1 aromatic rings. The number of aromatic amines is 1. The van der Waals surface area contributed by atoms with E-state index in [1.54, 1.807) is 0 Å². The Morgan fingerprint density at radius 3 is 3.00 bits per heavy atom. The molecule has 0 bridgehead atoms. The highest BCUT2D eigenvalue weighted by Crippen LogP contribution is 2.40. The number of carbonyl (C=O) groups excluding carboxylic acids is 1. The lowest BCUT2D eigenvalue weighted by Gasteiger charge is -2.26. The van der Waals surface area contributed by atoms with Crippen molar-refractivity contribution in [1.29, 1.82) is 0 Å². The Labute approximate surface area is 88.0 Å². The number of esters is 1. The molecule has 0 saturated carbocycles. The number of hydrogen-bond acceptors (Lipinski definition) is 4. The van der Waals surface area contributed by atoms with Gasteiger partial charge in [0.15, 0.2) is 0 Å². The summed E-state index contributed by atoms with van der Waals surface area (Å²) in [5.74, 6) is -0.367. The number of rotatable bonds is 1. The Morgan fingerprint density at radius 1 is 1.73 bits per heavy atom. The molecule has 0 saturated heterocycles. The number of aromatic nitrogens is 2. The van der Waals surface area contributed by atoms with E-state index >= 15 is 0 Å². The van der Waals surface area contributed by atoms with E-state index in [0.29, 0.717) is 6.42 Å². The van der Waals surface area contributed by atoms with Gasteiger partial charge in [0.1, 0.15) is 5.54 Å². The quantitative estimate of drug-likeness (QED) is 0.649. The van der Waals surface area contributed by atoms with Crippen LogP contribution in [0.2, 0.25) is 0 Å². The number of nitrogens with zero attached hydrogens (tertiary/aromatic N) is 1.